The molecule has 0 bridgehead atoms. The summed E-state index contributed by atoms with van der Waals surface area (Å²) in [6.07, 6.45) is 1.58. The van der Waals surface area contributed by atoms with Crippen LogP contribution in [0.2, 0.25) is 0 Å². The highest BCUT2D eigenvalue weighted by molar-refractivity contribution is 5.16. The Morgan fingerprint density at radius 1 is 1.11 bits per heavy atom. The summed E-state index contributed by atoms with van der Waals surface area (Å²) in [6.45, 7) is 7.16. The molecule has 3 heteroatoms. The zero-order valence-corrected chi connectivity index (χ0v) is 11.7. The van der Waals surface area contributed by atoms with Crippen LogP contribution in [0.1, 0.15) is 32.8 Å². The molecule has 0 aliphatic carbocycles. The highest BCUT2D eigenvalue weighted by atomic mass is 16.3. The summed E-state index contributed by atoms with van der Waals surface area (Å²) < 4.78 is 0. The maximum atomic E-state index is 9.78. The molecule has 0 saturated carbocycles. The van der Waals surface area contributed by atoms with Crippen molar-refractivity contribution >= 4 is 0 Å². The second-order valence-corrected chi connectivity index (χ2v) is 5.29. The van der Waals surface area contributed by atoms with Gasteiger partial charge in [0.05, 0.1) is 12.1 Å². The van der Waals surface area contributed by atoms with Gasteiger partial charge in [0.1, 0.15) is 0 Å². The first-order valence-electron chi connectivity index (χ1n) is 6.80. The molecule has 0 saturated heterocycles. The fourth-order valence-electron chi connectivity index (χ4n) is 1.77. The Hall–Kier alpha value is -0.900. The van der Waals surface area contributed by atoms with Gasteiger partial charge in [0, 0.05) is 6.54 Å². The lowest BCUT2D eigenvalue weighted by Crippen LogP contribution is -2.48. The Kier molecular flexibility index (Phi) is 6.94. The molecule has 3 nitrogen and oxygen atoms in total. The molecule has 3 N–H and O–H groups in total. The molecule has 0 aliphatic heterocycles. The normalized spacial score (nSPS) is 14.7. The van der Waals surface area contributed by atoms with Crippen molar-refractivity contribution in [3.8, 4) is 0 Å². The molecule has 1 aromatic rings. The second-order valence-electron chi connectivity index (χ2n) is 5.29. The van der Waals surface area contributed by atoms with Gasteiger partial charge in [0.25, 0.3) is 0 Å². The summed E-state index contributed by atoms with van der Waals surface area (Å²) in [4.78, 5) is 0. The zero-order valence-electron chi connectivity index (χ0n) is 11.7. The summed E-state index contributed by atoms with van der Waals surface area (Å²) in [5, 5.41) is 9.78. The average Bonchev–Trinajstić information content (AvgIpc) is 2.33. The zero-order chi connectivity index (χ0) is 13.4. The monoisotopic (exact) mass is 250 g/mol. The van der Waals surface area contributed by atoms with Crippen LogP contribution >= 0.6 is 0 Å². The Morgan fingerprint density at radius 2 is 1.78 bits per heavy atom. The van der Waals surface area contributed by atoms with Gasteiger partial charge in [-0.25, -0.2) is 0 Å². The summed E-state index contributed by atoms with van der Waals surface area (Å²) >= 11 is 0. The van der Waals surface area contributed by atoms with Gasteiger partial charge < -0.3 is 5.11 Å². The van der Waals surface area contributed by atoms with Crippen LogP contribution in [0.25, 0.3) is 0 Å². The van der Waals surface area contributed by atoms with Crippen molar-refractivity contribution in [1.29, 1.82) is 0 Å². The molecule has 0 aromatic heterocycles. The molecule has 0 aliphatic rings. The average molecular weight is 250 g/mol. The number of hydrazine groups is 1. The predicted octanol–water partition coefficient (Wildman–Crippen LogP) is 2.12. The van der Waals surface area contributed by atoms with Crippen LogP contribution in [0.15, 0.2) is 30.3 Å². The van der Waals surface area contributed by atoms with Crippen LogP contribution in [0.5, 0.6) is 0 Å². The predicted molar refractivity (Wildman–Crippen MR) is 76.2 cm³/mol. The van der Waals surface area contributed by atoms with Crippen LogP contribution in [0, 0.1) is 5.92 Å². The van der Waals surface area contributed by atoms with E-state index in [9.17, 15) is 5.11 Å². The molecule has 18 heavy (non-hydrogen) atoms. The number of aliphatic hydroxyl groups excluding tert-OH is 1. The highest BCUT2D eigenvalue weighted by Gasteiger charge is 2.14. The van der Waals surface area contributed by atoms with E-state index in [-0.39, 0.29) is 12.1 Å². The van der Waals surface area contributed by atoms with E-state index in [1.54, 1.807) is 0 Å². The van der Waals surface area contributed by atoms with Crippen molar-refractivity contribution in [2.24, 2.45) is 5.92 Å². The van der Waals surface area contributed by atoms with Crippen LogP contribution in [0.4, 0.5) is 0 Å². The van der Waals surface area contributed by atoms with E-state index in [0.29, 0.717) is 5.92 Å². The summed E-state index contributed by atoms with van der Waals surface area (Å²) in [6, 6.07) is 10.3. The number of nitrogens with one attached hydrogen (secondary N) is 2. The fourth-order valence-corrected chi connectivity index (χ4v) is 1.77. The molecular weight excluding hydrogens is 224 g/mol. The molecular formula is C15H26N2O. The van der Waals surface area contributed by atoms with Crippen LogP contribution in [-0.4, -0.2) is 23.8 Å². The van der Waals surface area contributed by atoms with Crippen LogP contribution < -0.4 is 10.9 Å². The van der Waals surface area contributed by atoms with Crippen LogP contribution in [0.3, 0.4) is 0 Å². The molecule has 0 amide bonds. The Labute approximate surface area is 111 Å². The first-order chi connectivity index (χ1) is 8.59. The molecule has 0 fully saturated rings. The van der Waals surface area contributed by atoms with E-state index in [1.807, 2.05) is 25.1 Å². The third-order valence-electron chi connectivity index (χ3n) is 3.01. The van der Waals surface area contributed by atoms with E-state index in [1.165, 1.54) is 5.56 Å². The van der Waals surface area contributed by atoms with Crippen molar-refractivity contribution in [3.63, 3.8) is 0 Å². The molecule has 2 atom stereocenters. The molecule has 1 aromatic carbocycles. The number of benzene rings is 1. The molecule has 102 valence electrons. The Balaban J connectivity index is 2.36. The lowest BCUT2D eigenvalue weighted by atomic mass is 10.0. The topological polar surface area (TPSA) is 44.3 Å². The SMILES string of the molecule is CC(C)CCNN[C@@H](Cc1ccccc1)[C@@H](C)O. The largest absolute Gasteiger partial charge is 0.392 e. The summed E-state index contributed by atoms with van der Waals surface area (Å²) in [5.41, 5.74) is 7.67. The minimum Gasteiger partial charge on any atom is -0.392 e. The van der Waals surface area contributed by atoms with Crippen molar-refractivity contribution in [3.05, 3.63) is 35.9 Å². The number of hydrogen-bond donors (Lipinski definition) is 3. The Morgan fingerprint density at radius 3 is 2.33 bits per heavy atom. The van der Waals surface area contributed by atoms with Crippen molar-refractivity contribution in [2.75, 3.05) is 6.54 Å². The van der Waals surface area contributed by atoms with E-state index < -0.39 is 0 Å². The first kappa shape index (κ1) is 15.2. The molecule has 0 unspecified atom stereocenters. The van der Waals surface area contributed by atoms with E-state index in [0.717, 1.165) is 19.4 Å². The lowest BCUT2D eigenvalue weighted by Gasteiger charge is -2.22. The second kappa shape index (κ2) is 8.25. The van der Waals surface area contributed by atoms with E-state index in [4.69, 9.17) is 0 Å². The molecule has 0 radical (unpaired) electrons. The third-order valence-corrected chi connectivity index (χ3v) is 3.01. The number of rotatable bonds is 8. The van der Waals surface area contributed by atoms with Crippen molar-refractivity contribution in [1.82, 2.24) is 10.9 Å². The number of aliphatic hydroxyl groups is 1. The number of hydrogen-bond acceptors (Lipinski definition) is 3. The van der Waals surface area contributed by atoms with Gasteiger partial charge in [-0.15, -0.1) is 0 Å². The smallest absolute Gasteiger partial charge is 0.0681 e. The maximum Gasteiger partial charge on any atom is 0.0681 e. The third kappa shape index (κ3) is 6.15. The minimum absolute atomic E-state index is 0.0413. The van der Waals surface area contributed by atoms with Gasteiger partial charge in [-0.2, -0.15) is 0 Å². The maximum absolute atomic E-state index is 9.78. The van der Waals surface area contributed by atoms with Gasteiger partial charge in [0.15, 0.2) is 0 Å². The fraction of sp³-hybridized carbons (Fsp3) is 0.600. The first-order valence-corrected chi connectivity index (χ1v) is 6.80. The quantitative estimate of drug-likeness (QED) is 0.489. The van der Waals surface area contributed by atoms with Gasteiger partial charge in [-0.1, -0.05) is 44.2 Å². The molecule has 0 heterocycles. The Bertz CT molecular complexity index is 312. The van der Waals surface area contributed by atoms with E-state index in [2.05, 4.69) is 36.8 Å². The van der Waals surface area contributed by atoms with Gasteiger partial charge in [-0.3, -0.25) is 10.9 Å². The van der Waals surface area contributed by atoms with Crippen LogP contribution in [-0.2, 0) is 6.42 Å². The summed E-state index contributed by atoms with van der Waals surface area (Å²) in [7, 11) is 0. The highest BCUT2D eigenvalue weighted by Crippen LogP contribution is 2.05. The van der Waals surface area contributed by atoms with Gasteiger partial charge in [-0.05, 0) is 31.2 Å². The van der Waals surface area contributed by atoms with E-state index >= 15 is 0 Å². The van der Waals surface area contributed by atoms with Gasteiger partial charge in [0.2, 0.25) is 0 Å². The summed E-state index contributed by atoms with van der Waals surface area (Å²) in [5.74, 6) is 0.693. The van der Waals surface area contributed by atoms with Gasteiger partial charge >= 0.3 is 0 Å². The standard InChI is InChI=1S/C15H26N2O/c1-12(2)9-10-16-17-15(13(3)18)11-14-7-5-4-6-8-14/h4-8,12-13,15-18H,9-11H2,1-3H3/t13-,15+/m1/s1. The van der Waals surface area contributed by atoms with Crippen molar-refractivity contribution in [2.45, 2.75) is 45.8 Å². The minimum atomic E-state index is -0.378. The molecule has 1 rings (SSSR count). The van der Waals surface area contributed by atoms with Crippen molar-refractivity contribution < 1.29 is 5.11 Å². The molecule has 0 spiro atoms. The lowest BCUT2D eigenvalue weighted by molar-refractivity contribution is 0.135.